The van der Waals surface area contributed by atoms with Crippen molar-refractivity contribution in [3.05, 3.63) is 35.4 Å². The number of nitrogens with one attached hydrogen (secondary N) is 2. The van der Waals surface area contributed by atoms with Crippen LogP contribution in [0.4, 0.5) is 0 Å². The van der Waals surface area contributed by atoms with E-state index in [0.29, 0.717) is 12.5 Å². The molecule has 0 aromatic heterocycles. The summed E-state index contributed by atoms with van der Waals surface area (Å²) in [5, 5.41) is 6.39. The second-order valence-electron chi connectivity index (χ2n) is 7.65. The van der Waals surface area contributed by atoms with E-state index >= 15 is 0 Å². The van der Waals surface area contributed by atoms with Gasteiger partial charge < -0.3 is 10.6 Å². The lowest BCUT2D eigenvalue weighted by Gasteiger charge is -2.32. The van der Waals surface area contributed by atoms with Gasteiger partial charge in [-0.05, 0) is 62.0 Å². The van der Waals surface area contributed by atoms with Gasteiger partial charge in [-0.3, -0.25) is 9.69 Å². The molecule has 2 N–H and O–H groups in total. The molecule has 0 aliphatic carbocycles. The van der Waals surface area contributed by atoms with Gasteiger partial charge in [-0.25, -0.2) is 0 Å². The van der Waals surface area contributed by atoms with Crippen LogP contribution in [0.25, 0.3) is 0 Å². The third kappa shape index (κ3) is 6.12. The van der Waals surface area contributed by atoms with Crippen LogP contribution in [0.3, 0.4) is 0 Å². The Labute approximate surface area is 170 Å². The first kappa shape index (κ1) is 23.2. The van der Waals surface area contributed by atoms with E-state index in [-0.39, 0.29) is 36.6 Å². The topological polar surface area (TPSA) is 44.4 Å². The molecule has 26 heavy (non-hydrogen) atoms. The van der Waals surface area contributed by atoms with Gasteiger partial charge in [0.1, 0.15) is 0 Å². The fraction of sp³-hybridized carbons (Fsp3) is 0.650. The number of rotatable bonds is 6. The van der Waals surface area contributed by atoms with Gasteiger partial charge in [0.15, 0.2) is 0 Å². The molecule has 2 fully saturated rings. The molecule has 6 heteroatoms. The van der Waals surface area contributed by atoms with E-state index in [4.69, 9.17) is 0 Å². The van der Waals surface area contributed by atoms with Crippen LogP contribution in [0.1, 0.15) is 37.8 Å². The van der Waals surface area contributed by atoms with Gasteiger partial charge in [0.2, 0.25) is 5.91 Å². The highest BCUT2D eigenvalue weighted by molar-refractivity contribution is 5.85. The molecule has 148 valence electrons. The predicted octanol–water partition coefficient (Wildman–Crippen LogP) is 3.23. The molecule has 0 bridgehead atoms. The summed E-state index contributed by atoms with van der Waals surface area (Å²) in [5.74, 6) is 1.64. The first-order valence-electron chi connectivity index (χ1n) is 9.41. The molecule has 1 aromatic carbocycles. The number of benzene rings is 1. The molecule has 1 unspecified atom stereocenters. The fourth-order valence-electron chi connectivity index (χ4n) is 3.57. The number of halogens is 2. The number of hydrogen-bond acceptors (Lipinski definition) is 3. The molecular formula is C20H33Cl2N3O. The van der Waals surface area contributed by atoms with Crippen LogP contribution in [0.2, 0.25) is 0 Å². The van der Waals surface area contributed by atoms with Crippen molar-refractivity contribution < 1.29 is 4.79 Å². The average Bonchev–Trinajstić information content (AvgIpc) is 2.54. The van der Waals surface area contributed by atoms with Crippen LogP contribution < -0.4 is 10.6 Å². The summed E-state index contributed by atoms with van der Waals surface area (Å²) < 4.78 is 0. The highest BCUT2D eigenvalue weighted by atomic mass is 35.5. The highest BCUT2D eigenvalue weighted by Gasteiger charge is 2.28. The molecule has 0 saturated carbocycles. The number of piperidine rings is 1. The Morgan fingerprint density at radius 1 is 1.19 bits per heavy atom. The van der Waals surface area contributed by atoms with E-state index in [1.807, 2.05) is 6.92 Å². The minimum Gasteiger partial charge on any atom is -0.352 e. The number of likely N-dealkylation sites (tertiary alicyclic amines) is 1. The molecule has 2 aliphatic heterocycles. The summed E-state index contributed by atoms with van der Waals surface area (Å²) in [4.78, 5) is 14.9. The zero-order valence-corrected chi connectivity index (χ0v) is 17.5. The summed E-state index contributed by atoms with van der Waals surface area (Å²) >= 11 is 0. The standard InChI is InChI=1S/C20H31N3O.2ClH/c1-15-7-9-23(10-8-15)14-18-6-4-3-5-17(18)13-22-20(24)16(2)19-11-21-12-19;;/h3-6,15-16,19,21H,7-14H2,1-2H3,(H,22,24);2*1H. The number of carbonyl (C=O) groups is 1. The SMILES string of the molecule is CC1CCN(Cc2ccccc2CNC(=O)C(C)C2CNC2)CC1.Cl.Cl. The lowest BCUT2D eigenvalue weighted by atomic mass is 9.88. The van der Waals surface area contributed by atoms with Gasteiger partial charge in [-0.1, -0.05) is 38.1 Å². The van der Waals surface area contributed by atoms with E-state index in [9.17, 15) is 4.79 Å². The highest BCUT2D eigenvalue weighted by Crippen LogP contribution is 2.20. The Kier molecular flexibility index (Phi) is 9.94. The maximum Gasteiger partial charge on any atom is 0.223 e. The van der Waals surface area contributed by atoms with Gasteiger partial charge in [0.25, 0.3) is 0 Å². The minimum atomic E-state index is 0. The summed E-state index contributed by atoms with van der Waals surface area (Å²) in [6.45, 7) is 10.4. The second-order valence-corrected chi connectivity index (χ2v) is 7.65. The molecular weight excluding hydrogens is 369 g/mol. The van der Waals surface area contributed by atoms with Gasteiger partial charge in [0, 0.05) is 19.0 Å². The van der Waals surface area contributed by atoms with Crippen molar-refractivity contribution in [2.45, 2.75) is 39.8 Å². The second kappa shape index (κ2) is 11.1. The Hall–Kier alpha value is -0.810. The van der Waals surface area contributed by atoms with Crippen molar-refractivity contribution in [1.82, 2.24) is 15.5 Å². The van der Waals surface area contributed by atoms with Gasteiger partial charge in [0.05, 0.1) is 0 Å². The smallest absolute Gasteiger partial charge is 0.223 e. The molecule has 3 rings (SSSR count). The van der Waals surface area contributed by atoms with Crippen LogP contribution in [0.15, 0.2) is 24.3 Å². The van der Waals surface area contributed by atoms with Crippen LogP contribution in [-0.4, -0.2) is 37.0 Å². The molecule has 1 atom stereocenters. The van der Waals surface area contributed by atoms with Gasteiger partial charge >= 0.3 is 0 Å². The van der Waals surface area contributed by atoms with E-state index in [1.165, 1.54) is 37.1 Å². The largest absolute Gasteiger partial charge is 0.352 e. The zero-order valence-electron chi connectivity index (χ0n) is 15.9. The predicted molar refractivity (Wildman–Crippen MR) is 112 cm³/mol. The maximum absolute atomic E-state index is 12.3. The van der Waals surface area contributed by atoms with Crippen molar-refractivity contribution in [2.75, 3.05) is 26.2 Å². The first-order chi connectivity index (χ1) is 11.6. The van der Waals surface area contributed by atoms with Crippen LogP contribution in [-0.2, 0) is 17.9 Å². The average molecular weight is 402 g/mol. The molecule has 4 nitrogen and oxygen atoms in total. The Bertz CT molecular complexity index is 558. The van der Waals surface area contributed by atoms with Crippen molar-refractivity contribution in [3.63, 3.8) is 0 Å². The number of hydrogen-bond donors (Lipinski definition) is 2. The maximum atomic E-state index is 12.3. The molecule has 0 spiro atoms. The monoisotopic (exact) mass is 401 g/mol. The fourth-order valence-corrected chi connectivity index (χ4v) is 3.57. The quantitative estimate of drug-likeness (QED) is 0.768. The van der Waals surface area contributed by atoms with E-state index < -0.39 is 0 Å². The third-order valence-corrected chi connectivity index (χ3v) is 5.78. The molecule has 1 aromatic rings. The van der Waals surface area contributed by atoms with E-state index in [0.717, 1.165) is 25.6 Å². The van der Waals surface area contributed by atoms with Crippen molar-refractivity contribution in [2.24, 2.45) is 17.8 Å². The van der Waals surface area contributed by atoms with Crippen molar-refractivity contribution in [3.8, 4) is 0 Å². The van der Waals surface area contributed by atoms with Crippen LogP contribution in [0, 0.1) is 17.8 Å². The Morgan fingerprint density at radius 3 is 2.38 bits per heavy atom. The molecule has 2 saturated heterocycles. The summed E-state index contributed by atoms with van der Waals surface area (Å²) in [7, 11) is 0. The van der Waals surface area contributed by atoms with E-state index in [2.05, 4.69) is 46.7 Å². The molecule has 0 radical (unpaired) electrons. The summed E-state index contributed by atoms with van der Waals surface area (Å²) in [5.41, 5.74) is 2.61. The van der Waals surface area contributed by atoms with E-state index in [1.54, 1.807) is 0 Å². The van der Waals surface area contributed by atoms with Crippen LogP contribution >= 0.6 is 24.8 Å². The number of carbonyl (C=O) groups excluding carboxylic acids is 1. The van der Waals surface area contributed by atoms with Crippen molar-refractivity contribution in [1.29, 1.82) is 0 Å². The molecule has 2 aliphatic rings. The lowest BCUT2D eigenvalue weighted by molar-refractivity contribution is -0.126. The minimum absolute atomic E-state index is 0. The summed E-state index contributed by atoms with van der Waals surface area (Å²) in [6.07, 6.45) is 2.59. The van der Waals surface area contributed by atoms with Crippen molar-refractivity contribution >= 4 is 30.7 Å². The Balaban J connectivity index is 0.00000169. The molecule has 2 heterocycles. The first-order valence-corrected chi connectivity index (χ1v) is 9.41. The Morgan fingerprint density at radius 2 is 1.81 bits per heavy atom. The molecule has 1 amide bonds. The van der Waals surface area contributed by atoms with Gasteiger partial charge in [-0.2, -0.15) is 0 Å². The third-order valence-electron chi connectivity index (χ3n) is 5.78. The lowest BCUT2D eigenvalue weighted by Crippen LogP contribution is -2.49. The van der Waals surface area contributed by atoms with Crippen LogP contribution in [0.5, 0.6) is 0 Å². The van der Waals surface area contributed by atoms with Gasteiger partial charge in [-0.15, -0.1) is 24.8 Å². The zero-order chi connectivity index (χ0) is 16.9. The number of nitrogens with zero attached hydrogens (tertiary/aromatic N) is 1. The normalized spacial score (nSPS) is 19.6. The summed E-state index contributed by atoms with van der Waals surface area (Å²) in [6, 6.07) is 8.54. The number of amides is 1.